The molecular formula is C17H29N3O2. The van der Waals surface area contributed by atoms with Crippen LogP contribution in [0.3, 0.4) is 0 Å². The average Bonchev–Trinajstić information content (AvgIpc) is 2.99. The van der Waals surface area contributed by atoms with Crippen LogP contribution in [0.15, 0.2) is 4.52 Å². The molecule has 2 fully saturated rings. The zero-order chi connectivity index (χ0) is 15.4. The standard InChI is InChI=1S/C17H29N3O2/c1-20(11-14-9-5-6-10-15(14)21)12-16-18-17(22-19-16)13-7-3-2-4-8-13/h13-15,21H,2-12H2,1H3. The van der Waals surface area contributed by atoms with Gasteiger partial charge in [-0.2, -0.15) is 4.98 Å². The minimum absolute atomic E-state index is 0.140. The van der Waals surface area contributed by atoms with Gasteiger partial charge in [-0.1, -0.05) is 37.3 Å². The molecule has 1 aromatic heterocycles. The Morgan fingerprint density at radius 3 is 2.59 bits per heavy atom. The highest BCUT2D eigenvalue weighted by atomic mass is 16.5. The van der Waals surface area contributed by atoms with Crippen molar-refractivity contribution in [1.82, 2.24) is 15.0 Å². The summed E-state index contributed by atoms with van der Waals surface area (Å²) < 4.78 is 5.48. The predicted octanol–water partition coefficient (Wildman–Crippen LogP) is 3.10. The predicted molar refractivity (Wildman–Crippen MR) is 84.4 cm³/mol. The van der Waals surface area contributed by atoms with E-state index in [4.69, 9.17) is 4.52 Å². The first-order valence-corrected chi connectivity index (χ1v) is 8.91. The van der Waals surface area contributed by atoms with Crippen LogP contribution in [-0.2, 0) is 6.54 Å². The summed E-state index contributed by atoms with van der Waals surface area (Å²) in [4.78, 5) is 6.82. The van der Waals surface area contributed by atoms with Gasteiger partial charge in [-0.05, 0) is 38.6 Å². The second-order valence-corrected chi connectivity index (χ2v) is 7.19. The largest absolute Gasteiger partial charge is 0.393 e. The third-order valence-electron chi connectivity index (χ3n) is 5.26. The lowest BCUT2D eigenvalue weighted by atomic mass is 9.86. The van der Waals surface area contributed by atoms with E-state index in [0.717, 1.165) is 37.5 Å². The smallest absolute Gasteiger partial charge is 0.229 e. The zero-order valence-electron chi connectivity index (χ0n) is 13.7. The summed E-state index contributed by atoms with van der Waals surface area (Å²) >= 11 is 0. The fourth-order valence-corrected chi connectivity index (χ4v) is 3.95. The van der Waals surface area contributed by atoms with E-state index >= 15 is 0 Å². The van der Waals surface area contributed by atoms with Gasteiger partial charge in [-0.25, -0.2) is 0 Å². The minimum atomic E-state index is -0.140. The topological polar surface area (TPSA) is 62.4 Å². The first kappa shape index (κ1) is 15.9. The molecular weight excluding hydrogens is 278 g/mol. The number of aliphatic hydroxyl groups is 1. The highest BCUT2D eigenvalue weighted by Gasteiger charge is 2.25. The van der Waals surface area contributed by atoms with E-state index in [1.165, 1.54) is 38.5 Å². The summed E-state index contributed by atoms with van der Waals surface area (Å²) in [5.74, 6) is 2.48. The molecule has 2 aliphatic carbocycles. The number of hydrogen-bond acceptors (Lipinski definition) is 5. The Balaban J connectivity index is 1.50. The lowest BCUT2D eigenvalue weighted by Gasteiger charge is -2.30. The summed E-state index contributed by atoms with van der Waals surface area (Å²) in [5, 5.41) is 14.2. The van der Waals surface area contributed by atoms with Crippen LogP contribution in [0.4, 0.5) is 0 Å². The van der Waals surface area contributed by atoms with Crippen molar-refractivity contribution >= 4 is 0 Å². The normalized spacial score (nSPS) is 27.4. The summed E-state index contributed by atoms with van der Waals surface area (Å²) in [5.41, 5.74) is 0. The molecule has 0 aromatic carbocycles. The fourth-order valence-electron chi connectivity index (χ4n) is 3.95. The van der Waals surface area contributed by atoms with Gasteiger partial charge in [0.05, 0.1) is 12.6 Å². The molecule has 1 aromatic rings. The number of hydrogen-bond donors (Lipinski definition) is 1. The minimum Gasteiger partial charge on any atom is -0.393 e. The van der Waals surface area contributed by atoms with Gasteiger partial charge >= 0.3 is 0 Å². The Hall–Kier alpha value is -0.940. The molecule has 2 atom stereocenters. The highest BCUT2D eigenvalue weighted by Crippen LogP contribution is 2.31. The monoisotopic (exact) mass is 307 g/mol. The lowest BCUT2D eigenvalue weighted by Crippen LogP contribution is -2.34. The third kappa shape index (κ3) is 4.07. The van der Waals surface area contributed by atoms with Crippen LogP contribution >= 0.6 is 0 Å². The van der Waals surface area contributed by atoms with Crippen molar-refractivity contribution in [3.8, 4) is 0 Å². The maximum atomic E-state index is 10.1. The maximum absolute atomic E-state index is 10.1. The summed E-state index contributed by atoms with van der Waals surface area (Å²) in [7, 11) is 2.08. The second-order valence-electron chi connectivity index (χ2n) is 7.19. The van der Waals surface area contributed by atoms with Crippen LogP contribution in [0.5, 0.6) is 0 Å². The Morgan fingerprint density at radius 1 is 1.09 bits per heavy atom. The van der Waals surface area contributed by atoms with Crippen LogP contribution in [0.25, 0.3) is 0 Å². The molecule has 0 saturated heterocycles. The van der Waals surface area contributed by atoms with Crippen LogP contribution in [0.1, 0.15) is 75.4 Å². The van der Waals surface area contributed by atoms with Crippen molar-refractivity contribution in [3.05, 3.63) is 11.7 Å². The Morgan fingerprint density at radius 2 is 1.82 bits per heavy atom. The highest BCUT2D eigenvalue weighted by molar-refractivity contribution is 4.95. The van der Waals surface area contributed by atoms with E-state index in [9.17, 15) is 5.11 Å². The van der Waals surface area contributed by atoms with E-state index in [0.29, 0.717) is 18.4 Å². The summed E-state index contributed by atoms with van der Waals surface area (Å²) in [6.07, 6.45) is 10.6. The van der Waals surface area contributed by atoms with Gasteiger partial charge < -0.3 is 9.63 Å². The van der Waals surface area contributed by atoms with Crippen molar-refractivity contribution in [2.45, 2.75) is 76.4 Å². The number of aliphatic hydroxyl groups excluding tert-OH is 1. The molecule has 1 N–H and O–H groups in total. The van der Waals surface area contributed by atoms with Gasteiger partial charge in [0.2, 0.25) is 5.89 Å². The van der Waals surface area contributed by atoms with Crippen LogP contribution in [0.2, 0.25) is 0 Å². The van der Waals surface area contributed by atoms with Crippen LogP contribution < -0.4 is 0 Å². The van der Waals surface area contributed by atoms with Crippen molar-refractivity contribution in [3.63, 3.8) is 0 Å². The van der Waals surface area contributed by atoms with Crippen LogP contribution in [-0.4, -0.2) is 39.8 Å². The van der Waals surface area contributed by atoms with Crippen molar-refractivity contribution in [2.75, 3.05) is 13.6 Å². The molecule has 124 valence electrons. The Labute approximate surface area is 133 Å². The summed E-state index contributed by atoms with van der Waals surface area (Å²) in [6, 6.07) is 0. The van der Waals surface area contributed by atoms with Gasteiger partial charge in [-0.3, -0.25) is 4.90 Å². The van der Waals surface area contributed by atoms with Crippen LogP contribution in [0, 0.1) is 5.92 Å². The number of rotatable bonds is 5. The van der Waals surface area contributed by atoms with Gasteiger partial charge in [0, 0.05) is 12.5 Å². The van der Waals surface area contributed by atoms with Crippen molar-refractivity contribution in [1.29, 1.82) is 0 Å². The van der Waals surface area contributed by atoms with E-state index in [2.05, 4.69) is 22.1 Å². The first-order chi connectivity index (χ1) is 10.7. The van der Waals surface area contributed by atoms with E-state index in [-0.39, 0.29) is 6.10 Å². The molecule has 0 spiro atoms. The quantitative estimate of drug-likeness (QED) is 0.905. The van der Waals surface area contributed by atoms with Gasteiger partial charge in [-0.15, -0.1) is 0 Å². The average molecular weight is 307 g/mol. The molecule has 22 heavy (non-hydrogen) atoms. The third-order valence-corrected chi connectivity index (χ3v) is 5.26. The van der Waals surface area contributed by atoms with E-state index < -0.39 is 0 Å². The van der Waals surface area contributed by atoms with E-state index in [1.807, 2.05) is 0 Å². The molecule has 2 unspecified atom stereocenters. The zero-order valence-corrected chi connectivity index (χ0v) is 13.7. The Kier molecular flexibility index (Phi) is 5.47. The molecule has 0 radical (unpaired) electrons. The number of nitrogens with zero attached hydrogens (tertiary/aromatic N) is 3. The number of aromatic nitrogens is 2. The molecule has 0 bridgehead atoms. The fraction of sp³-hybridized carbons (Fsp3) is 0.882. The molecule has 2 saturated carbocycles. The molecule has 1 heterocycles. The summed E-state index contributed by atoms with van der Waals surface area (Å²) in [6.45, 7) is 1.62. The Bertz CT molecular complexity index is 457. The first-order valence-electron chi connectivity index (χ1n) is 8.91. The van der Waals surface area contributed by atoms with E-state index in [1.54, 1.807) is 0 Å². The van der Waals surface area contributed by atoms with Gasteiger partial charge in [0.1, 0.15) is 0 Å². The molecule has 3 rings (SSSR count). The molecule has 0 aliphatic heterocycles. The second kappa shape index (κ2) is 7.55. The maximum Gasteiger partial charge on any atom is 0.229 e. The van der Waals surface area contributed by atoms with Gasteiger partial charge in [0.25, 0.3) is 0 Å². The SMILES string of the molecule is CN(Cc1noc(C2CCCCC2)n1)CC1CCCCC1O. The van der Waals surface area contributed by atoms with Crippen molar-refractivity contribution in [2.24, 2.45) is 5.92 Å². The lowest BCUT2D eigenvalue weighted by molar-refractivity contribution is 0.0496. The van der Waals surface area contributed by atoms with Crippen molar-refractivity contribution < 1.29 is 9.63 Å². The molecule has 5 heteroatoms. The molecule has 2 aliphatic rings. The molecule has 0 amide bonds. The van der Waals surface area contributed by atoms with Gasteiger partial charge in [0.15, 0.2) is 5.82 Å². The molecule has 5 nitrogen and oxygen atoms in total.